The minimum atomic E-state index is -0.474. The third-order valence-corrected chi connectivity index (χ3v) is 6.24. The summed E-state index contributed by atoms with van der Waals surface area (Å²) >= 11 is 2.63. The Kier molecular flexibility index (Phi) is 7.69. The second kappa shape index (κ2) is 10.5. The highest BCUT2D eigenvalue weighted by molar-refractivity contribution is 7.99. The van der Waals surface area contributed by atoms with Gasteiger partial charge in [-0.25, -0.2) is 4.79 Å². The van der Waals surface area contributed by atoms with Crippen LogP contribution in [-0.2, 0) is 16.1 Å². The van der Waals surface area contributed by atoms with Crippen LogP contribution in [0.5, 0.6) is 5.75 Å². The van der Waals surface area contributed by atoms with Crippen LogP contribution in [0.4, 0.5) is 5.00 Å². The third-order valence-electron chi connectivity index (χ3n) is 4.30. The number of carbonyl (C=O) groups is 2. The van der Waals surface area contributed by atoms with E-state index >= 15 is 0 Å². The van der Waals surface area contributed by atoms with E-state index in [-0.39, 0.29) is 11.7 Å². The van der Waals surface area contributed by atoms with Gasteiger partial charge in [-0.1, -0.05) is 11.8 Å². The maximum atomic E-state index is 12.5. The van der Waals surface area contributed by atoms with Crippen molar-refractivity contribution >= 4 is 40.0 Å². The summed E-state index contributed by atoms with van der Waals surface area (Å²) in [5.74, 6) is 0.965. The van der Waals surface area contributed by atoms with Gasteiger partial charge in [-0.2, -0.15) is 0 Å². The number of ether oxygens (including phenoxy) is 2. The molecule has 0 radical (unpaired) electrons. The standard InChI is InChI=1S/C21H24N4O4S2/c1-5-25-18(14-7-9-15(10-8-14)29-6-2)23-24-21(25)30-12-17(26)22-19-16(20(27)28-4)11-13(3)31-19/h7-11H,5-6,12H2,1-4H3,(H,22,26). The Morgan fingerprint density at radius 3 is 2.58 bits per heavy atom. The molecule has 0 spiro atoms. The summed E-state index contributed by atoms with van der Waals surface area (Å²) < 4.78 is 12.2. The van der Waals surface area contributed by atoms with Crippen LogP contribution >= 0.6 is 23.1 Å². The van der Waals surface area contributed by atoms with E-state index in [1.165, 1.54) is 30.2 Å². The van der Waals surface area contributed by atoms with Crippen molar-refractivity contribution < 1.29 is 19.1 Å². The highest BCUT2D eigenvalue weighted by atomic mass is 32.2. The lowest BCUT2D eigenvalue weighted by Gasteiger charge is -2.09. The fraction of sp³-hybridized carbons (Fsp3) is 0.333. The van der Waals surface area contributed by atoms with Crippen molar-refractivity contribution in [2.45, 2.75) is 32.5 Å². The number of esters is 1. The fourth-order valence-corrected chi connectivity index (χ4v) is 4.64. The second-order valence-corrected chi connectivity index (χ2v) is 8.63. The van der Waals surface area contributed by atoms with E-state index in [4.69, 9.17) is 9.47 Å². The average Bonchev–Trinajstić information content (AvgIpc) is 3.35. The quantitative estimate of drug-likeness (QED) is 0.377. The number of nitrogens with zero attached hydrogens (tertiary/aromatic N) is 3. The third kappa shape index (κ3) is 5.45. The van der Waals surface area contributed by atoms with Gasteiger partial charge in [0, 0.05) is 17.0 Å². The molecule has 0 aliphatic heterocycles. The van der Waals surface area contributed by atoms with Gasteiger partial charge < -0.3 is 19.4 Å². The number of anilines is 1. The second-order valence-electron chi connectivity index (χ2n) is 6.44. The number of aromatic nitrogens is 3. The van der Waals surface area contributed by atoms with Crippen LogP contribution in [0.15, 0.2) is 35.5 Å². The molecule has 0 bridgehead atoms. The molecule has 8 nitrogen and oxygen atoms in total. The number of nitrogens with one attached hydrogen (secondary N) is 1. The first-order valence-electron chi connectivity index (χ1n) is 9.74. The summed E-state index contributed by atoms with van der Waals surface area (Å²) in [6.45, 7) is 7.09. The smallest absolute Gasteiger partial charge is 0.340 e. The van der Waals surface area contributed by atoms with Gasteiger partial charge in [0.25, 0.3) is 0 Å². The molecule has 3 aromatic rings. The van der Waals surface area contributed by atoms with Gasteiger partial charge in [0.1, 0.15) is 10.8 Å². The normalized spacial score (nSPS) is 10.7. The lowest BCUT2D eigenvalue weighted by atomic mass is 10.2. The number of hydrogen-bond donors (Lipinski definition) is 1. The molecule has 0 fully saturated rings. The summed E-state index contributed by atoms with van der Waals surface area (Å²) in [7, 11) is 1.32. The Hall–Kier alpha value is -2.85. The van der Waals surface area contributed by atoms with E-state index in [2.05, 4.69) is 15.5 Å². The largest absolute Gasteiger partial charge is 0.494 e. The Labute approximate surface area is 189 Å². The number of thioether (sulfide) groups is 1. The van der Waals surface area contributed by atoms with E-state index in [1.54, 1.807) is 6.07 Å². The monoisotopic (exact) mass is 460 g/mol. The highest BCUT2D eigenvalue weighted by Gasteiger charge is 2.19. The van der Waals surface area contributed by atoms with Gasteiger partial charge in [0.15, 0.2) is 11.0 Å². The van der Waals surface area contributed by atoms with Gasteiger partial charge in [0.2, 0.25) is 5.91 Å². The molecule has 0 unspecified atom stereocenters. The molecule has 1 N–H and O–H groups in total. The molecule has 2 heterocycles. The van der Waals surface area contributed by atoms with E-state index < -0.39 is 5.97 Å². The van der Waals surface area contributed by atoms with Crippen molar-refractivity contribution in [3.05, 3.63) is 40.8 Å². The molecule has 164 valence electrons. The lowest BCUT2D eigenvalue weighted by Crippen LogP contribution is -2.16. The van der Waals surface area contributed by atoms with Crippen molar-refractivity contribution in [1.82, 2.24) is 14.8 Å². The molecule has 3 rings (SSSR count). The summed E-state index contributed by atoms with van der Waals surface area (Å²) in [6.07, 6.45) is 0. The SMILES string of the molecule is CCOc1ccc(-c2nnc(SCC(=O)Nc3sc(C)cc3C(=O)OC)n2CC)cc1. The van der Waals surface area contributed by atoms with Crippen LogP contribution in [0.1, 0.15) is 29.1 Å². The van der Waals surface area contributed by atoms with Crippen LogP contribution in [0.25, 0.3) is 11.4 Å². The van der Waals surface area contributed by atoms with Crippen LogP contribution in [0, 0.1) is 6.92 Å². The van der Waals surface area contributed by atoms with Crippen molar-refractivity contribution in [2.75, 3.05) is 24.8 Å². The topological polar surface area (TPSA) is 95.3 Å². The number of thiophene rings is 1. The summed E-state index contributed by atoms with van der Waals surface area (Å²) in [5.41, 5.74) is 1.28. The van der Waals surface area contributed by atoms with E-state index in [1.807, 2.05) is 49.6 Å². The molecule has 0 saturated carbocycles. The minimum Gasteiger partial charge on any atom is -0.494 e. The number of carbonyl (C=O) groups excluding carboxylic acids is 2. The highest BCUT2D eigenvalue weighted by Crippen LogP contribution is 2.29. The first-order valence-corrected chi connectivity index (χ1v) is 11.5. The maximum Gasteiger partial charge on any atom is 0.340 e. The lowest BCUT2D eigenvalue weighted by molar-refractivity contribution is -0.113. The Morgan fingerprint density at radius 1 is 1.19 bits per heavy atom. The number of aryl methyl sites for hydroxylation is 1. The van der Waals surface area contributed by atoms with Crippen LogP contribution < -0.4 is 10.1 Å². The van der Waals surface area contributed by atoms with Gasteiger partial charge >= 0.3 is 5.97 Å². The van der Waals surface area contributed by atoms with E-state index in [9.17, 15) is 9.59 Å². The summed E-state index contributed by atoms with van der Waals surface area (Å²) in [6, 6.07) is 9.38. The first kappa shape index (κ1) is 22.8. The summed E-state index contributed by atoms with van der Waals surface area (Å²) in [5, 5.41) is 12.5. The molecule has 0 aliphatic carbocycles. The predicted octanol–water partition coefficient (Wildman–Crippen LogP) is 4.25. The molecule has 0 atom stereocenters. The van der Waals surface area contributed by atoms with Crippen LogP contribution in [0.3, 0.4) is 0 Å². The van der Waals surface area contributed by atoms with E-state index in [0.717, 1.165) is 22.0 Å². The van der Waals surface area contributed by atoms with E-state index in [0.29, 0.717) is 28.9 Å². The number of benzene rings is 1. The Balaban J connectivity index is 1.68. The van der Waals surface area contributed by atoms with Gasteiger partial charge in [-0.3, -0.25) is 4.79 Å². The average molecular weight is 461 g/mol. The molecule has 10 heteroatoms. The van der Waals surface area contributed by atoms with Crippen molar-refractivity contribution in [1.29, 1.82) is 0 Å². The van der Waals surface area contributed by atoms with Gasteiger partial charge in [0.05, 0.1) is 25.0 Å². The molecule has 31 heavy (non-hydrogen) atoms. The van der Waals surface area contributed by atoms with Crippen molar-refractivity contribution in [3.8, 4) is 17.1 Å². The molecular weight excluding hydrogens is 436 g/mol. The number of hydrogen-bond acceptors (Lipinski definition) is 8. The van der Waals surface area contributed by atoms with Crippen LogP contribution in [0.2, 0.25) is 0 Å². The maximum absolute atomic E-state index is 12.5. The van der Waals surface area contributed by atoms with Gasteiger partial charge in [-0.15, -0.1) is 21.5 Å². The zero-order valence-electron chi connectivity index (χ0n) is 17.8. The first-order chi connectivity index (χ1) is 15.0. The van der Waals surface area contributed by atoms with Crippen molar-refractivity contribution in [2.24, 2.45) is 0 Å². The Bertz CT molecular complexity index is 1060. The van der Waals surface area contributed by atoms with Crippen LogP contribution in [-0.4, -0.2) is 46.1 Å². The molecule has 1 amide bonds. The number of methoxy groups -OCH3 is 1. The molecule has 1 aromatic carbocycles. The molecular formula is C21H24N4O4S2. The number of rotatable bonds is 9. The zero-order chi connectivity index (χ0) is 22.4. The van der Waals surface area contributed by atoms with Crippen molar-refractivity contribution in [3.63, 3.8) is 0 Å². The minimum absolute atomic E-state index is 0.138. The van der Waals surface area contributed by atoms with Gasteiger partial charge in [-0.05, 0) is 51.1 Å². The Morgan fingerprint density at radius 2 is 1.94 bits per heavy atom. The zero-order valence-corrected chi connectivity index (χ0v) is 19.4. The predicted molar refractivity (Wildman–Crippen MR) is 122 cm³/mol. The fourth-order valence-electron chi connectivity index (χ4n) is 2.92. The molecule has 0 aliphatic rings. The number of amides is 1. The summed E-state index contributed by atoms with van der Waals surface area (Å²) in [4.78, 5) is 25.3. The molecule has 2 aromatic heterocycles. The molecule has 0 saturated heterocycles.